The van der Waals surface area contributed by atoms with Crippen LogP contribution in [0, 0.1) is 0 Å². The maximum absolute atomic E-state index is 5.68. The number of hydrogen-bond donors (Lipinski definition) is 2. The number of nitrogens with one attached hydrogen (secondary N) is 1. The van der Waals surface area contributed by atoms with Crippen molar-refractivity contribution in [1.82, 2.24) is 5.32 Å². The molecule has 0 aliphatic heterocycles. The topological polar surface area (TPSA) is 38.0 Å². The Hall–Kier alpha value is -0.860. The minimum Gasteiger partial charge on any atom is -0.328 e. The van der Waals surface area contributed by atoms with E-state index in [9.17, 15) is 0 Å². The Morgan fingerprint density at radius 3 is 2.43 bits per heavy atom. The largest absolute Gasteiger partial charge is 0.328 e. The van der Waals surface area contributed by atoms with Crippen molar-refractivity contribution in [3.63, 3.8) is 0 Å². The van der Waals surface area contributed by atoms with E-state index in [1.807, 2.05) is 13.0 Å². The lowest BCUT2D eigenvalue weighted by molar-refractivity contribution is 0.529. The molecule has 1 rings (SSSR count). The second-order valence-corrected chi connectivity index (χ2v) is 3.85. The lowest BCUT2D eigenvalue weighted by atomic mass is 10.1. The average Bonchev–Trinajstić information content (AvgIpc) is 2.18. The van der Waals surface area contributed by atoms with Gasteiger partial charge in [-0.1, -0.05) is 30.3 Å². The summed E-state index contributed by atoms with van der Waals surface area (Å²) in [6, 6.07) is 11.2. The van der Waals surface area contributed by atoms with Crippen molar-refractivity contribution in [2.75, 3.05) is 6.54 Å². The predicted molar refractivity (Wildman–Crippen MR) is 61.1 cm³/mol. The Balaban J connectivity index is 2.32. The van der Waals surface area contributed by atoms with Crippen LogP contribution in [0.1, 0.15) is 31.9 Å². The van der Waals surface area contributed by atoms with Crippen molar-refractivity contribution in [3.05, 3.63) is 35.9 Å². The molecule has 0 spiro atoms. The van der Waals surface area contributed by atoms with Gasteiger partial charge in [0, 0.05) is 12.1 Å². The summed E-state index contributed by atoms with van der Waals surface area (Å²) < 4.78 is 0. The summed E-state index contributed by atoms with van der Waals surface area (Å²) in [6.45, 7) is 5.19. The Labute approximate surface area is 86.5 Å². The molecule has 0 amide bonds. The molecule has 2 nitrogen and oxygen atoms in total. The third-order valence-corrected chi connectivity index (χ3v) is 2.35. The molecule has 0 aromatic heterocycles. The zero-order valence-electron chi connectivity index (χ0n) is 9.03. The highest BCUT2D eigenvalue weighted by Gasteiger charge is 2.03. The summed E-state index contributed by atoms with van der Waals surface area (Å²) >= 11 is 0. The molecule has 0 radical (unpaired) electrons. The van der Waals surface area contributed by atoms with Gasteiger partial charge in [0.05, 0.1) is 0 Å². The van der Waals surface area contributed by atoms with Crippen LogP contribution in [0.15, 0.2) is 30.3 Å². The molecule has 2 heteroatoms. The Kier molecular flexibility index (Phi) is 4.63. The highest BCUT2D eigenvalue weighted by molar-refractivity contribution is 5.17. The average molecular weight is 192 g/mol. The van der Waals surface area contributed by atoms with Gasteiger partial charge in [0.25, 0.3) is 0 Å². The molecule has 0 saturated heterocycles. The number of nitrogens with two attached hydrogens (primary N) is 1. The summed E-state index contributed by atoms with van der Waals surface area (Å²) in [7, 11) is 0. The van der Waals surface area contributed by atoms with E-state index in [0.29, 0.717) is 6.04 Å². The second kappa shape index (κ2) is 5.78. The van der Waals surface area contributed by atoms with Crippen molar-refractivity contribution in [3.8, 4) is 0 Å². The van der Waals surface area contributed by atoms with Gasteiger partial charge in [-0.25, -0.2) is 0 Å². The van der Waals surface area contributed by atoms with E-state index in [4.69, 9.17) is 5.73 Å². The van der Waals surface area contributed by atoms with Crippen LogP contribution in [0.3, 0.4) is 0 Å². The maximum atomic E-state index is 5.68. The summed E-state index contributed by atoms with van der Waals surface area (Å²) in [4.78, 5) is 0. The first-order valence-corrected chi connectivity index (χ1v) is 5.24. The molecule has 1 aromatic carbocycles. The fourth-order valence-electron chi connectivity index (χ4n) is 1.39. The number of benzene rings is 1. The molecule has 0 fully saturated rings. The van der Waals surface area contributed by atoms with Gasteiger partial charge in [0.15, 0.2) is 0 Å². The maximum Gasteiger partial charge on any atom is 0.0291 e. The van der Waals surface area contributed by atoms with Crippen molar-refractivity contribution in [1.29, 1.82) is 0 Å². The van der Waals surface area contributed by atoms with Gasteiger partial charge < -0.3 is 11.1 Å². The monoisotopic (exact) mass is 192 g/mol. The van der Waals surface area contributed by atoms with Gasteiger partial charge in [0.2, 0.25) is 0 Å². The van der Waals surface area contributed by atoms with Crippen LogP contribution < -0.4 is 11.1 Å². The Morgan fingerprint density at radius 1 is 1.21 bits per heavy atom. The van der Waals surface area contributed by atoms with Gasteiger partial charge >= 0.3 is 0 Å². The molecule has 3 N–H and O–H groups in total. The van der Waals surface area contributed by atoms with Crippen LogP contribution in [-0.4, -0.2) is 12.6 Å². The zero-order valence-corrected chi connectivity index (χ0v) is 9.03. The van der Waals surface area contributed by atoms with Crippen molar-refractivity contribution in [2.24, 2.45) is 5.73 Å². The lowest BCUT2D eigenvalue weighted by Crippen LogP contribution is -2.26. The summed E-state index contributed by atoms with van der Waals surface area (Å²) in [5, 5.41) is 3.45. The fourth-order valence-corrected chi connectivity index (χ4v) is 1.39. The minimum atomic E-state index is 0.283. The zero-order chi connectivity index (χ0) is 10.4. The molecule has 14 heavy (non-hydrogen) atoms. The molecule has 0 saturated carbocycles. The van der Waals surface area contributed by atoms with E-state index in [2.05, 4.69) is 36.5 Å². The number of rotatable bonds is 5. The standard InChI is InChI=1S/C12H20N2/c1-10(13)8-9-14-11(2)12-6-4-3-5-7-12/h3-7,10-11,14H,8-9,13H2,1-2H3. The molecule has 0 bridgehead atoms. The summed E-state index contributed by atoms with van der Waals surface area (Å²) in [5.41, 5.74) is 7.01. The number of hydrogen-bond acceptors (Lipinski definition) is 2. The van der Waals surface area contributed by atoms with E-state index in [-0.39, 0.29) is 6.04 Å². The van der Waals surface area contributed by atoms with Crippen LogP contribution in [0.25, 0.3) is 0 Å². The van der Waals surface area contributed by atoms with Crippen molar-refractivity contribution in [2.45, 2.75) is 32.4 Å². The molecular formula is C12H20N2. The minimum absolute atomic E-state index is 0.283. The van der Waals surface area contributed by atoms with Crippen molar-refractivity contribution >= 4 is 0 Å². The van der Waals surface area contributed by atoms with E-state index in [1.165, 1.54) is 5.56 Å². The van der Waals surface area contributed by atoms with E-state index < -0.39 is 0 Å². The first kappa shape index (κ1) is 11.2. The third-order valence-electron chi connectivity index (χ3n) is 2.35. The second-order valence-electron chi connectivity index (χ2n) is 3.85. The molecule has 78 valence electrons. The van der Waals surface area contributed by atoms with Crippen LogP contribution in [0.5, 0.6) is 0 Å². The SMILES string of the molecule is CC(N)CCNC(C)c1ccccc1. The molecule has 2 atom stereocenters. The smallest absolute Gasteiger partial charge is 0.0291 e. The highest BCUT2D eigenvalue weighted by Crippen LogP contribution is 2.10. The van der Waals surface area contributed by atoms with Gasteiger partial charge in [-0.05, 0) is 32.4 Å². The lowest BCUT2D eigenvalue weighted by Gasteiger charge is -2.14. The van der Waals surface area contributed by atoms with E-state index >= 15 is 0 Å². The van der Waals surface area contributed by atoms with Crippen LogP contribution in [0.4, 0.5) is 0 Å². The first-order chi connectivity index (χ1) is 6.70. The molecule has 0 aliphatic carbocycles. The predicted octanol–water partition coefficient (Wildman–Crippen LogP) is 2.07. The van der Waals surface area contributed by atoms with Gasteiger partial charge in [-0.2, -0.15) is 0 Å². The van der Waals surface area contributed by atoms with Gasteiger partial charge in [0.1, 0.15) is 0 Å². The Bertz CT molecular complexity index is 244. The van der Waals surface area contributed by atoms with Crippen molar-refractivity contribution < 1.29 is 0 Å². The molecule has 0 aliphatic rings. The molecule has 0 heterocycles. The quantitative estimate of drug-likeness (QED) is 0.749. The van der Waals surface area contributed by atoms with Crippen LogP contribution in [0.2, 0.25) is 0 Å². The molecular weight excluding hydrogens is 172 g/mol. The van der Waals surface area contributed by atoms with Crippen LogP contribution in [-0.2, 0) is 0 Å². The summed E-state index contributed by atoms with van der Waals surface area (Å²) in [6.07, 6.45) is 1.02. The molecule has 2 unspecified atom stereocenters. The normalized spacial score (nSPS) is 15.1. The molecule has 1 aromatic rings. The highest BCUT2D eigenvalue weighted by atomic mass is 14.9. The van der Waals surface area contributed by atoms with Gasteiger partial charge in [-0.15, -0.1) is 0 Å². The Morgan fingerprint density at radius 2 is 1.86 bits per heavy atom. The third kappa shape index (κ3) is 3.90. The van der Waals surface area contributed by atoms with Gasteiger partial charge in [-0.3, -0.25) is 0 Å². The fraction of sp³-hybridized carbons (Fsp3) is 0.500. The van der Waals surface area contributed by atoms with E-state index in [0.717, 1.165) is 13.0 Å². The first-order valence-electron chi connectivity index (χ1n) is 5.24. The van der Waals surface area contributed by atoms with Crippen LogP contribution >= 0.6 is 0 Å². The van der Waals surface area contributed by atoms with E-state index in [1.54, 1.807) is 0 Å². The summed E-state index contributed by atoms with van der Waals surface area (Å²) in [5.74, 6) is 0.